The van der Waals surface area contributed by atoms with Gasteiger partial charge in [-0.1, -0.05) is 31.5 Å². The first-order valence-electron chi connectivity index (χ1n) is 17.3. The van der Waals surface area contributed by atoms with Gasteiger partial charge in [-0.2, -0.15) is 0 Å². The van der Waals surface area contributed by atoms with Gasteiger partial charge in [0, 0.05) is 31.9 Å². The zero-order chi connectivity index (χ0) is 36.7. The number of nitrogen functional groups attached to an aromatic ring is 1. The molecule has 6 unspecified atom stereocenters. The third-order valence-corrected chi connectivity index (χ3v) is 14.3. The summed E-state index contributed by atoms with van der Waals surface area (Å²) in [4.78, 5) is 0. The number of hydrogen-bond donors (Lipinski definition) is 5. The van der Waals surface area contributed by atoms with Crippen molar-refractivity contribution in [3.8, 4) is 11.5 Å². The van der Waals surface area contributed by atoms with Gasteiger partial charge in [0.25, 0.3) is 0 Å². The van der Waals surface area contributed by atoms with Gasteiger partial charge in [0.15, 0.2) is 0 Å². The van der Waals surface area contributed by atoms with Crippen LogP contribution in [0.15, 0.2) is 48.5 Å². The first-order chi connectivity index (χ1) is 24.6. The number of anilines is 1. The number of rotatable bonds is 14. The van der Waals surface area contributed by atoms with Crippen molar-refractivity contribution in [1.82, 2.24) is 0 Å². The monoisotopic (exact) mass is 773 g/mol. The van der Waals surface area contributed by atoms with Crippen molar-refractivity contribution < 1.29 is 53.1 Å². The van der Waals surface area contributed by atoms with Crippen LogP contribution in [0.3, 0.4) is 0 Å². The molecule has 17 nitrogen and oxygen atoms in total. The van der Waals surface area contributed by atoms with Crippen LogP contribution in [-0.2, 0) is 44.3 Å². The molecule has 20 heteroatoms. The highest BCUT2D eigenvalue weighted by Gasteiger charge is 2.59. The van der Waals surface area contributed by atoms with Gasteiger partial charge in [-0.05, 0) is 56.2 Å². The first-order valence-corrected chi connectivity index (χ1v) is 22.2. The van der Waals surface area contributed by atoms with E-state index in [9.17, 15) is 0 Å². The van der Waals surface area contributed by atoms with Crippen LogP contribution in [0.5, 0.6) is 11.5 Å². The van der Waals surface area contributed by atoms with Crippen LogP contribution in [-0.4, -0.2) is 117 Å². The molecule has 6 rings (SSSR count). The lowest BCUT2D eigenvalue weighted by Crippen LogP contribution is -2.56. The Morgan fingerprint density at radius 3 is 1.31 bits per heavy atom. The summed E-state index contributed by atoms with van der Waals surface area (Å²) in [6, 6.07) is 14.5. The minimum Gasteiger partial charge on any atom is -0.471 e. The van der Waals surface area contributed by atoms with Gasteiger partial charge < -0.3 is 81.8 Å². The minimum absolute atomic E-state index is 0.0535. The normalized spacial score (nSPS) is 28.4. The fraction of sp³-hybridized carbons (Fsp3) is 0.613. The topological polar surface area (TPSA) is 241 Å². The zero-order valence-corrected chi connectivity index (χ0v) is 32.7. The highest BCUT2D eigenvalue weighted by atomic mass is 28.4. The minimum atomic E-state index is -3.55. The van der Waals surface area contributed by atoms with Gasteiger partial charge >= 0.3 is 27.1 Å². The van der Waals surface area contributed by atoms with E-state index in [2.05, 4.69) is 13.8 Å². The van der Waals surface area contributed by atoms with Crippen molar-refractivity contribution in [1.29, 1.82) is 0 Å². The molecule has 288 valence electrons. The molecule has 2 spiro atoms. The lowest BCUT2D eigenvalue weighted by atomic mass is 10.2. The Hall–Kier alpha value is -2.07. The molecular weight excluding hydrogens is 719 g/mol. The van der Waals surface area contributed by atoms with Crippen molar-refractivity contribution in [3.05, 3.63) is 54.1 Å². The van der Waals surface area contributed by atoms with Crippen LogP contribution in [0, 0.1) is 6.92 Å². The summed E-state index contributed by atoms with van der Waals surface area (Å²) >= 11 is 0. The van der Waals surface area contributed by atoms with Gasteiger partial charge in [0.05, 0.1) is 64.1 Å². The molecule has 2 aromatic carbocycles. The number of aryl methyl sites for hydroxylation is 1. The van der Waals surface area contributed by atoms with Crippen molar-refractivity contribution in [2.75, 3.05) is 71.6 Å². The van der Waals surface area contributed by atoms with Crippen LogP contribution in [0.2, 0.25) is 0 Å². The average Bonchev–Trinajstić information content (AvgIpc) is 3.97. The second-order valence-electron chi connectivity index (χ2n) is 11.9. The van der Waals surface area contributed by atoms with E-state index in [0.29, 0.717) is 69.8 Å². The Balaban J connectivity index is 0.000000188. The quantitative estimate of drug-likeness (QED) is 0.131. The maximum Gasteiger partial charge on any atom is 0.820 e. The Kier molecular flexibility index (Phi) is 16.7. The Morgan fingerprint density at radius 1 is 0.608 bits per heavy atom. The maximum atomic E-state index is 6.03. The summed E-state index contributed by atoms with van der Waals surface area (Å²) < 4.78 is 67.7. The van der Waals surface area contributed by atoms with Gasteiger partial charge in [0.1, 0.15) is 11.5 Å². The second-order valence-corrected chi connectivity index (χ2v) is 17.9. The summed E-state index contributed by atoms with van der Waals surface area (Å²) in [6.45, 7) is 10.3. The fourth-order valence-corrected chi connectivity index (χ4v) is 11.5. The lowest BCUT2D eigenvalue weighted by molar-refractivity contribution is 0.0455. The molecule has 0 aliphatic carbocycles. The molecule has 0 saturated carbocycles. The number of hydrogen-bond acceptors (Lipinski definition) is 17. The highest BCUT2D eigenvalue weighted by Crippen LogP contribution is 2.30. The molecule has 10 N–H and O–H groups in total. The van der Waals surface area contributed by atoms with Crippen LogP contribution in [0.1, 0.15) is 32.3 Å². The van der Waals surface area contributed by atoms with E-state index in [1.54, 1.807) is 24.3 Å². The Morgan fingerprint density at radius 2 is 0.980 bits per heavy atom. The van der Waals surface area contributed by atoms with Crippen LogP contribution in [0.4, 0.5) is 5.69 Å². The van der Waals surface area contributed by atoms with E-state index >= 15 is 0 Å². The molecule has 6 atom stereocenters. The predicted octanol–water partition coefficient (Wildman–Crippen LogP) is 0.664. The summed E-state index contributed by atoms with van der Waals surface area (Å²) in [5.41, 5.74) is 29.5. The summed E-state index contributed by atoms with van der Waals surface area (Å²) in [5.74, 6) is 1.11. The van der Waals surface area contributed by atoms with E-state index in [1.165, 1.54) is 0 Å². The molecule has 0 radical (unpaired) electrons. The van der Waals surface area contributed by atoms with Crippen LogP contribution < -0.4 is 37.5 Å². The van der Waals surface area contributed by atoms with Gasteiger partial charge in [-0.3, -0.25) is 0 Å². The largest absolute Gasteiger partial charge is 0.820 e. The third kappa shape index (κ3) is 12.5. The number of benzene rings is 2. The molecule has 0 aromatic heterocycles. The SMILES string of the molecule is CCC1CO[Si]2(OCC(CN)O2)O1.CCC1CO[Si]2(OCC(CN)O2)O1.Cc1ccc(O[Si](OCCN)(OCCN)Oc2ccc(N)cc2)cc1. The smallest absolute Gasteiger partial charge is 0.471 e. The van der Waals surface area contributed by atoms with E-state index in [1.807, 2.05) is 31.2 Å². The molecule has 4 fully saturated rings. The van der Waals surface area contributed by atoms with Crippen molar-refractivity contribution in [3.63, 3.8) is 0 Å². The van der Waals surface area contributed by atoms with E-state index in [4.69, 9.17) is 81.8 Å². The lowest BCUT2D eigenvalue weighted by Gasteiger charge is -2.28. The summed E-state index contributed by atoms with van der Waals surface area (Å²) in [6.07, 6.45) is 2.00. The second kappa shape index (κ2) is 20.4. The first kappa shape index (κ1) is 41.7. The summed E-state index contributed by atoms with van der Waals surface area (Å²) in [7, 11) is -8.99. The van der Waals surface area contributed by atoms with E-state index < -0.39 is 27.1 Å². The molecule has 0 bridgehead atoms. The van der Waals surface area contributed by atoms with Crippen molar-refractivity contribution in [2.45, 2.75) is 58.0 Å². The molecular formula is C31H55N5O12Si3. The molecule has 4 aliphatic rings. The molecule has 2 aromatic rings. The molecule has 0 amide bonds. The van der Waals surface area contributed by atoms with Crippen LogP contribution in [0.25, 0.3) is 0 Å². The standard InChI is InChI=1S/C17H25N3O4Si.2C7H15NO4Si/c1-14-2-6-16(7-3-14)23-25(21-12-10-18,22-13-11-19)24-17-8-4-15(20)5-9-17;2*1-2-6-4-9-13(11-6)10-5-7(3-8)12-13/h2-9H,10-13,18-20H2,1H3;2*6-7H,2-5,8H2,1H3. The van der Waals surface area contributed by atoms with Crippen molar-refractivity contribution >= 4 is 32.8 Å². The Bertz CT molecular complexity index is 1150. The highest BCUT2D eigenvalue weighted by molar-refractivity contribution is 6.55. The molecule has 4 aliphatic heterocycles. The molecule has 4 saturated heterocycles. The molecule has 51 heavy (non-hydrogen) atoms. The maximum absolute atomic E-state index is 6.03. The summed E-state index contributed by atoms with van der Waals surface area (Å²) in [5, 5.41) is 0. The van der Waals surface area contributed by atoms with Crippen LogP contribution >= 0.6 is 0 Å². The third-order valence-electron chi connectivity index (χ3n) is 7.64. The van der Waals surface area contributed by atoms with Gasteiger partial charge in [-0.15, -0.1) is 0 Å². The van der Waals surface area contributed by atoms with Crippen molar-refractivity contribution in [2.24, 2.45) is 22.9 Å². The fourth-order valence-electron chi connectivity index (χ4n) is 4.76. The van der Waals surface area contributed by atoms with E-state index in [-0.39, 0.29) is 37.6 Å². The van der Waals surface area contributed by atoms with E-state index in [0.717, 1.165) is 18.4 Å². The average molecular weight is 774 g/mol. The van der Waals surface area contributed by atoms with Gasteiger partial charge in [-0.25, -0.2) is 0 Å². The van der Waals surface area contributed by atoms with Gasteiger partial charge in [0.2, 0.25) is 0 Å². The predicted molar refractivity (Wildman–Crippen MR) is 193 cm³/mol. The Labute approximate surface area is 303 Å². The molecule has 4 heterocycles. The zero-order valence-electron chi connectivity index (χ0n) is 29.7. The number of nitrogens with two attached hydrogens (primary N) is 5.